The van der Waals surface area contributed by atoms with Crippen LogP contribution in [0.15, 0.2) is 28.7 Å². The number of anilines is 1. The van der Waals surface area contributed by atoms with E-state index in [1.807, 2.05) is 0 Å². The summed E-state index contributed by atoms with van der Waals surface area (Å²) >= 11 is 3.46. The average molecular weight is 368 g/mol. The molecule has 0 aromatic heterocycles. The van der Waals surface area contributed by atoms with Crippen molar-refractivity contribution in [3.63, 3.8) is 0 Å². The lowest BCUT2D eigenvalue weighted by Gasteiger charge is -2.23. The molecule has 2 aliphatic heterocycles. The van der Waals surface area contributed by atoms with Crippen LogP contribution in [0, 0.1) is 5.92 Å². The van der Waals surface area contributed by atoms with Crippen molar-refractivity contribution in [2.45, 2.75) is 12.5 Å². The molecule has 5 nitrogen and oxygen atoms in total. The molecule has 22 heavy (non-hydrogen) atoms. The van der Waals surface area contributed by atoms with Crippen LogP contribution in [0.25, 0.3) is 0 Å². The highest BCUT2D eigenvalue weighted by molar-refractivity contribution is 9.10. The molecular weight excluding hydrogens is 346 g/mol. The predicted octanol–water partition coefficient (Wildman–Crippen LogP) is 1.38. The van der Waals surface area contributed by atoms with E-state index in [9.17, 15) is 4.79 Å². The van der Waals surface area contributed by atoms with Gasteiger partial charge in [0, 0.05) is 42.9 Å². The van der Waals surface area contributed by atoms with Gasteiger partial charge in [0.25, 0.3) is 0 Å². The quantitative estimate of drug-likeness (QED) is 0.843. The van der Waals surface area contributed by atoms with E-state index in [0.29, 0.717) is 19.1 Å². The van der Waals surface area contributed by atoms with Crippen LogP contribution in [-0.4, -0.2) is 51.3 Å². The highest BCUT2D eigenvalue weighted by Crippen LogP contribution is 2.24. The van der Waals surface area contributed by atoms with E-state index in [1.165, 1.54) is 5.69 Å². The Labute approximate surface area is 139 Å². The van der Waals surface area contributed by atoms with Gasteiger partial charge in [0.1, 0.15) is 6.10 Å². The number of nitrogens with zero attached hydrogens (tertiary/aromatic N) is 1. The zero-order valence-electron chi connectivity index (χ0n) is 12.6. The molecule has 0 radical (unpaired) electrons. The standard InChI is InChI=1S/C16H22BrN3O2/c17-13-1-3-14(4-2-13)20-7-5-12(11-20)9-19-16(21)15-10-18-6-8-22-15/h1-4,12,15,18H,5-11H2,(H,19,21). The molecule has 0 saturated carbocycles. The number of carbonyl (C=O) groups is 1. The fraction of sp³-hybridized carbons (Fsp3) is 0.562. The van der Waals surface area contributed by atoms with E-state index < -0.39 is 0 Å². The maximum absolute atomic E-state index is 12.0. The van der Waals surface area contributed by atoms with E-state index >= 15 is 0 Å². The summed E-state index contributed by atoms with van der Waals surface area (Å²) in [6.45, 7) is 4.82. The highest BCUT2D eigenvalue weighted by atomic mass is 79.9. The van der Waals surface area contributed by atoms with Gasteiger partial charge in [-0.1, -0.05) is 15.9 Å². The number of nitrogens with one attached hydrogen (secondary N) is 2. The number of hydrogen-bond acceptors (Lipinski definition) is 4. The largest absolute Gasteiger partial charge is 0.371 e. The number of ether oxygens (including phenoxy) is 1. The van der Waals surface area contributed by atoms with Gasteiger partial charge in [0.05, 0.1) is 6.61 Å². The zero-order chi connectivity index (χ0) is 15.4. The Kier molecular flexibility index (Phi) is 5.33. The summed E-state index contributed by atoms with van der Waals surface area (Å²) < 4.78 is 6.56. The first kappa shape index (κ1) is 15.8. The highest BCUT2D eigenvalue weighted by Gasteiger charge is 2.26. The van der Waals surface area contributed by atoms with Gasteiger partial charge in [0.2, 0.25) is 5.91 Å². The van der Waals surface area contributed by atoms with Crippen molar-refractivity contribution in [2.24, 2.45) is 5.92 Å². The molecule has 2 saturated heterocycles. The summed E-state index contributed by atoms with van der Waals surface area (Å²) in [4.78, 5) is 14.4. The lowest BCUT2D eigenvalue weighted by molar-refractivity contribution is -0.134. The van der Waals surface area contributed by atoms with Crippen molar-refractivity contribution in [2.75, 3.05) is 44.2 Å². The van der Waals surface area contributed by atoms with Gasteiger partial charge in [-0.3, -0.25) is 4.79 Å². The molecule has 120 valence electrons. The molecule has 3 rings (SSSR count). The van der Waals surface area contributed by atoms with Crippen LogP contribution in [0.5, 0.6) is 0 Å². The summed E-state index contributed by atoms with van der Waals surface area (Å²) in [5, 5.41) is 6.22. The maximum Gasteiger partial charge on any atom is 0.250 e. The van der Waals surface area contributed by atoms with Gasteiger partial charge >= 0.3 is 0 Å². The molecule has 1 aromatic carbocycles. The van der Waals surface area contributed by atoms with Crippen LogP contribution >= 0.6 is 15.9 Å². The van der Waals surface area contributed by atoms with Crippen molar-refractivity contribution in [3.8, 4) is 0 Å². The molecule has 1 amide bonds. The van der Waals surface area contributed by atoms with Crippen LogP contribution in [-0.2, 0) is 9.53 Å². The second-order valence-electron chi connectivity index (χ2n) is 5.89. The van der Waals surface area contributed by atoms with Crippen LogP contribution in [0.3, 0.4) is 0 Å². The van der Waals surface area contributed by atoms with E-state index in [1.54, 1.807) is 0 Å². The summed E-state index contributed by atoms with van der Waals surface area (Å²) in [7, 11) is 0. The van der Waals surface area contributed by atoms with Crippen LogP contribution in [0.4, 0.5) is 5.69 Å². The van der Waals surface area contributed by atoms with Crippen molar-refractivity contribution in [1.82, 2.24) is 10.6 Å². The smallest absolute Gasteiger partial charge is 0.250 e. The second-order valence-corrected chi connectivity index (χ2v) is 6.80. The van der Waals surface area contributed by atoms with Gasteiger partial charge in [-0.15, -0.1) is 0 Å². The minimum Gasteiger partial charge on any atom is -0.371 e. The van der Waals surface area contributed by atoms with E-state index in [0.717, 1.165) is 37.1 Å². The first-order valence-corrected chi connectivity index (χ1v) is 8.62. The first-order chi connectivity index (χ1) is 10.7. The molecule has 0 spiro atoms. The fourth-order valence-electron chi connectivity index (χ4n) is 2.98. The van der Waals surface area contributed by atoms with Crippen LogP contribution < -0.4 is 15.5 Å². The molecule has 2 unspecified atom stereocenters. The Morgan fingerprint density at radius 2 is 2.23 bits per heavy atom. The lowest BCUT2D eigenvalue weighted by Crippen LogP contribution is -2.48. The molecule has 6 heteroatoms. The minimum absolute atomic E-state index is 0.00860. The summed E-state index contributed by atoms with van der Waals surface area (Å²) in [6.07, 6.45) is 0.776. The summed E-state index contributed by atoms with van der Waals surface area (Å²) in [5.41, 5.74) is 1.25. The molecular formula is C16H22BrN3O2. The molecule has 2 atom stereocenters. The minimum atomic E-state index is -0.335. The third kappa shape index (κ3) is 4.00. The molecule has 2 heterocycles. The van der Waals surface area contributed by atoms with Crippen molar-refractivity contribution < 1.29 is 9.53 Å². The van der Waals surface area contributed by atoms with E-state index in [2.05, 4.69) is 55.7 Å². The Morgan fingerprint density at radius 1 is 1.41 bits per heavy atom. The molecule has 2 N–H and O–H groups in total. The number of hydrogen-bond donors (Lipinski definition) is 2. The molecule has 0 bridgehead atoms. The number of carbonyl (C=O) groups excluding carboxylic acids is 1. The number of morpholine rings is 1. The average Bonchev–Trinajstić information content (AvgIpc) is 3.03. The van der Waals surface area contributed by atoms with E-state index in [-0.39, 0.29) is 12.0 Å². The SMILES string of the molecule is O=C(NCC1CCN(c2ccc(Br)cc2)C1)C1CNCCO1. The second kappa shape index (κ2) is 7.44. The molecule has 1 aromatic rings. The Bertz CT molecular complexity index is 503. The Balaban J connectivity index is 1.44. The maximum atomic E-state index is 12.0. The van der Waals surface area contributed by atoms with Gasteiger partial charge in [-0.05, 0) is 36.6 Å². The zero-order valence-corrected chi connectivity index (χ0v) is 14.1. The van der Waals surface area contributed by atoms with E-state index in [4.69, 9.17) is 4.74 Å². The predicted molar refractivity (Wildman–Crippen MR) is 90.1 cm³/mol. The summed E-state index contributed by atoms with van der Waals surface area (Å²) in [5.74, 6) is 0.512. The molecule has 0 aliphatic carbocycles. The number of rotatable bonds is 4. The number of amides is 1. The third-order valence-electron chi connectivity index (χ3n) is 4.26. The Hall–Kier alpha value is -1.11. The fourth-order valence-corrected chi connectivity index (χ4v) is 3.24. The van der Waals surface area contributed by atoms with Gasteiger partial charge in [-0.25, -0.2) is 0 Å². The third-order valence-corrected chi connectivity index (χ3v) is 4.79. The van der Waals surface area contributed by atoms with Crippen LogP contribution in [0.2, 0.25) is 0 Å². The van der Waals surface area contributed by atoms with Gasteiger partial charge in [-0.2, -0.15) is 0 Å². The molecule has 2 aliphatic rings. The summed E-state index contributed by atoms with van der Waals surface area (Å²) in [6, 6.07) is 8.40. The first-order valence-electron chi connectivity index (χ1n) is 7.83. The van der Waals surface area contributed by atoms with Crippen molar-refractivity contribution >= 4 is 27.5 Å². The van der Waals surface area contributed by atoms with Crippen molar-refractivity contribution in [3.05, 3.63) is 28.7 Å². The topological polar surface area (TPSA) is 53.6 Å². The van der Waals surface area contributed by atoms with Gasteiger partial charge < -0.3 is 20.3 Å². The van der Waals surface area contributed by atoms with Gasteiger partial charge in [0.15, 0.2) is 0 Å². The molecule has 2 fully saturated rings. The van der Waals surface area contributed by atoms with Crippen LogP contribution in [0.1, 0.15) is 6.42 Å². The normalized spacial score (nSPS) is 25.2. The number of benzene rings is 1. The van der Waals surface area contributed by atoms with Crippen molar-refractivity contribution in [1.29, 1.82) is 0 Å². The Morgan fingerprint density at radius 3 is 2.95 bits per heavy atom. The monoisotopic (exact) mass is 367 g/mol. The number of halogens is 1. The lowest BCUT2D eigenvalue weighted by atomic mass is 10.1.